The Morgan fingerprint density at radius 3 is 2.61 bits per heavy atom. The SMILES string of the molecule is CCN(CC)c1ccc(C=NNC(=O)CSc2nnc(SCc3ccccc3Cl)s2)c(O)c1. The summed E-state index contributed by atoms with van der Waals surface area (Å²) in [6, 6.07) is 13.1. The molecule has 2 aromatic carbocycles. The van der Waals surface area contributed by atoms with Gasteiger partial charge in [0, 0.05) is 41.2 Å². The lowest BCUT2D eigenvalue weighted by atomic mass is 10.2. The van der Waals surface area contributed by atoms with Crippen molar-refractivity contribution in [1.82, 2.24) is 15.6 Å². The molecule has 3 aromatic rings. The Morgan fingerprint density at radius 1 is 1.18 bits per heavy atom. The van der Waals surface area contributed by atoms with E-state index in [1.165, 1.54) is 29.3 Å². The molecule has 33 heavy (non-hydrogen) atoms. The van der Waals surface area contributed by atoms with Crippen LogP contribution in [0.5, 0.6) is 5.75 Å². The first-order valence-corrected chi connectivity index (χ1v) is 13.4. The van der Waals surface area contributed by atoms with Crippen molar-refractivity contribution in [2.24, 2.45) is 5.10 Å². The van der Waals surface area contributed by atoms with Crippen molar-refractivity contribution >= 4 is 64.3 Å². The average Bonchev–Trinajstić information content (AvgIpc) is 3.27. The number of thioether (sulfide) groups is 2. The van der Waals surface area contributed by atoms with Gasteiger partial charge in [-0.15, -0.1) is 10.2 Å². The van der Waals surface area contributed by atoms with E-state index in [0.29, 0.717) is 15.7 Å². The van der Waals surface area contributed by atoms with Gasteiger partial charge in [0.1, 0.15) is 5.75 Å². The first-order chi connectivity index (χ1) is 16.0. The lowest BCUT2D eigenvalue weighted by molar-refractivity contribution is -0.118. The second-order valence-electron chi connectivity index (χ2n) is 6.71. The molecule has 3 rings (SSSR count). The first-order valence-electron chi connectivity index (χ1n) is 10.2. The van der Waals surface area contributed by atoms with Gasteiger partial charge >= 0.3 is 0 Å². The summed E-state index contributed by atoms with van der Waals surface area (Å²) in [4.78, 5) is 14.2. The van der Waals surface area contributed by atoms with Gasteiger partial charge in [0.05, 0.1) is 12.0 Å². The van der Waals surface area contributed by atoms with Gasteiger partial charge in [-0.3, -0.25) is 4.79 Å². The van der Waals surface area contributed by atoms with Crippen LogP contribution in [0.2, 0.25) is 5.02 Å². The molecule has 0 spiro atoms. The molecule has 0 atom stereocenters. The Hall–Kier alpha value is -2.27. The standard InChI is InChI=1S/C22H24ClN5O2S3/c1-3-28(4-2)17-10-9-15(19(29)11-17)12-24-25-20(30)14-32-22-27-26-21(33-22)31-13-16-7-5-6-8-18(16)23/h5-12,29H,3-4,13-14H2,1-2H3,(H,25,30). The zero-order chi connectivity index (χ0) is 23.6. The smallest absolute Gasteiger partial charge is 0.250 e. The van der Waals surface area contributed by atoms with Crippen LogP contribution in [-0.4, -0.2) is 46.3 Å². The number of hydrazone groups is 1. The van der Waals surface area contributed by atoms with Crippen molar-refractivity contribution in [1.29, 1.82) is 0 Å². The van der Waals surface area contributed by atoms with Crippen molar-refractivity contribution in [2.45, 2.75) is 28.3 Å². The minimum Gasteiger partial charge on any atom is -0.507 e. The third kappa shape index (κ3) is 7.63. The largest absolute Gasteiger partial charge is 0.507 e. The summed E-state index contributed by atoms with van der Waals surface area (Å²) in [6.45, 7) is 5.83. The van der Waals surface area contributed by atoms with E-state index < -0.39 is 0 Å². The monoisotopic (exact) mass is 521 g/mol. The lowest BCUT2D eigenvalue weighted by Gasteiger charge is -2.21. The summed E-state index contributed by atoms with van der Waals surface area (Å²) in [5.41, 5.74) is 4.99. The molecule has 0 radical (unpaired) electrons. The van der Waals surface area contributed by atoms with E-state index >= 15 is 0 Å². The fraction of sp³-hybridized carbons (Fsp3) is 0.273. The van der Waals surface area contributed by atoms with Crippen molar-refractivity contribution in [3.05, 3.63) is 58.6 Å². The summed E-state index contributed by atoms with van der Waals surface area (Å²) >= 11 is 10.5. The average molecular weight is 522 g/mol. The number of nitrogens with one attached hydrogen (secondary N) is 1. The maximum atomic E-state index is 12.1. The number of aromatic nitrogens is 2. The fourth-order valence-corrected chi connectivity index (χ4v) is 5.93. The molecule has 1 aromatic heterocycles. The summed E-state index contributed by atoms with van der Waals surface area (Å²) < 4.78 is 1.53. The van der Waals surface area contributed by atoms with Gasteiger partial charge in [-0.05, 0) is 37.6 Å². The molecule has 1 amide bonds. The molecule has 2 N–H and O–H groups in total. The zero-order valence-corrected chi connectivity index (χ0v) is 21.4. The van der Waals surface area contributed by atoms with Crippen LogP contribution in [-0.2, 0) is 10.5 Å². The summed E-state index contributed by atoms with van der Waals surface area (Å²) in [6.07, 6.45) is 1.43. The van der Waals surface area contributed by atoms with Crippen LogP contribution >= 0.6 is 46.5 Å². The zero-order valence-electron chi connectivity index (χ0n) is 18.2. The molecule has 0 saturated carbocycles. The fourth-order valence-electron chi connectivity index (χ4n) is 2.83. The number of amides is 1. The van der Waals surface area contributed by atoms with Crippen molar-refractivity contribution < 1.29 is 9.90 Å². The molecule has 0 saturated heterocycles. The summed E-state index contributed by atoms with van der Waals surface area (Å²) in [5, 5.41) is 23.2. The minimum atomic E-state index is -0.268. The Balaban J connectivity index is 1.44. The molecule has 0 bridgehead atoms. The molecule has 0 aliphatic carbocycles. The highest BCUT2D eigenvalue weighted by atomic mass is 35.5. The summed E-state index contributed by atoms with van der Waals surface area (Å²) in [5.74, 6) is 0.712. The van der Waals surface area contributed by atoms with Crippen LogP contribution < -0.4 is 10.3 Å². The van der Waals surface area contributed by atoms with E-state index in [2.05, 4.69) is 39.5 Å². The van der Waals surface area contributed by atoms with E-state index in [1.54, 1.807) is 23.9 Å². The topological polar surface area (TPSA) is 90.7 Å². The number of carbonyl (C=O) groups is 1. The number of rotatable bonds is 11. The maximum Gasteiger partial charge on any atom is 0.250 e. The molecule has 11 heteroatoms. The molecule has 174 valence electrons. The first kappa shape index (κ1) is 25.4. The lowest BCUT2D eigenvalue weighted by Crippen LogP contribution is -2.21. The van der Waals surface area contributed by atoms with Crippen LogP contribution in [0.25, 0.3) is 0 Å². The number of halogens is 1. The highest BCUT2D eigenvalue weighted by molar-refractivity contribution is 8.03. The number of phenols is 1. The highest BCUT2D eigenvalue weighted by Gasteiger charge is 2.10. The second-order valence-corrected chi connectivity index (χ2v) is 10.5. The van der Waals surface area contributed by atoms with Gasteiger partial charge < -0.3 is 10.0 Å². The van der Waals surface area contributed by atoms with Gasteiger partial charge in [-0.25, -0.2) is 5.43 Å². The molecule has 1 heterocycles. The molecule has 7 nitrogen and oxygen atoms in total. The van der Waals surface area contributed by atoms with E-state index in [1.807, 2.05) is 30.3 Å². The molecular formula is C22H24ClN5O2S3. The van der Waals surface area contributed by atoms with E-state index in [-0.39, 0.29) is 17.4 Å². The Morgan fingerprint density at radius 2 is 1.91 bits per heavy atom. The molecular weight excluding hydrogens is 498 g/mol. The highest BCUT2D eigenvalue weighted by Crippen LogP contribution is 2.32. The predicted molar refractivity (Wildman–Crippen MR) is 139 cm³/mol. The maximum absolute atomic E-state index is 12.1. The van der Waals surface area contributed by atoms with E-state index in [4.69, 9.17) is 11.6 Å². The third-order valence-electron chi connectivity index (χ3n) is 4.56. The van der Waals surface area contributed by atoms with Crippen molar-refractivity contribution in [3.63, 3.8) is 0 Å². The third-order valence-corrected chi connectivity index (χ3v) is 8.17. The normalized spacial score (nSPS) is 11.1. The number of carbonyl (C=O) groups excluding carboxylic acids is 1. The van der Waals surface area contributed by atoms with Crippen LogP contribution in [0, 0.1) is 0 Å². The Kier molecular flexibility index (Phi) is 9.86. The van der Waals surface area contributed by atoms with Crippen LogP contribution in [0.3, 0.4) is 0 Å². The number of anilines is 1. The second kappa shape index (κ2) is 12.8. The number of aromatic hydroxyl groups is 1. The van der Waals surface area contributed by atoms with Crippen molar-refractivity contribution in [3.8, 4) is 5.75 Å². The summed E-state index contributed by atoms with van der Waals surface area (Å²) in [7, 11) is 0. The van der Waals surface area contributed by atoms with E-state index in [9.17, 15) is 9.90 Å². The number of phenolic OH excluding ortho intramolecular Hbond substituents is 1. The van der Waals surface area contributed by atoms with Crippen LogP contribution in [0.1, 0.15) is 25.0 Å². The quantitative estimate of drug-likeness (QED) is 0.201. The van der Waals surface area contributed by atoms with Gasteiger partial charge in [0.2, 0.25) is 0 Å². The molecule has 0 fully saturated rings. The number of hydrogen-bond donors (Lipinski definition) is 2. The minimum absolute atomic E-state index is 0.113. The number of benzene rings is 2. The van der Waals surface area contributed by atoms with Gasteiger partial charge in [0.15, 0.2) is 8.68 Å². The van der Waals surface area contributed by atoms with Crippen LogP contribution in [0.4, 0.5) is 5.69 Å². The van der Waals surface area contributed by atoms with E-state index in [0.717, 1.165) is 33.7 Å². The molecule has 0 unspecified atom stereocenters. The Labute approximate surface area is 210 Å². The molecule has 0 aliphatic heterocycles. The van der Waals surface area contributed by atoms with Crippen LogP contribution in [0.15, 0.2) is 56.2 Å². The van der Waals surface area contributed by atoms with Gasteiger partial charge in [-0.2, -0.15) is 5.10 Å². The van der Waals surface area contributed by atoms with Gasteiger partial charge in [-0.1, -0.05) is 64.7 Å². The van der Waals surface area contributed by atoms with Crippen molar-refractivity contribution in [2.75, 3.05) is 23.7 Å². The Bertz CT molecular complexity index is 1110. The predicted octanol–water partition coefficient (Wildman–Crippen LogP) is 5.28. The van der Waals surface area contributed by atoms with Gasteiger partial charge in [0.25, 0.3) is 5.91 Å². The number of hydrogen-bond acceptors (Lipinski definition) is 9. The number of nitrogens with zero attached hydrogens (tertiary/aromatic N) is 4. The molecule has 0 aliphatic rings.